The maximum atomic E-state index is 5.50. The van der Waals surface area contributed by atoms with E-state index in [1.807, 2.05) is 0 Å². The van der Waals surface area contributed by atoms with Gasteiger partial charge in [0.2, 0.25) is 0 Å². The number of thiophene rings is 1. The molecule has 0 saturated carbocycles. The minimum atomic E-state index is 0.411. The van der Waals surface area contributed by atoms with Crippen molar-refractivity contribution in [2.45, 2.75) is 32.7 Å². The Labute approximate surface area is 114 Å². The van der Waals surface area contributed by atoms with Crippen molar-refractivity contribution in [2.24, 2.45) is 0 Å². The van der Waals surface area contributed by atoms with Gasteiger partial charge in [-0.2, -0.15) is 0 Å². The minimum Gasteiger partial charge on any atom is -0.379 e. The lowest BCUT2D eigenvalue weighted by atomic mass is 10.3. The monoisotopic (exact) mass is 271 g/mol. The average molecular weight is 271 g/mol. The number of unbranched alkanes of at least 4 members (excludes halogenated alkanes) is 1. The predicted octanol–water partition coefficient (Wildman–Crippen LogP) is 3.23. The first-order valence-electron chi connectivity index (χ1n) is 6.77. The second kappa shape index (κ2) is 10.5. The molecule has 3 nitrogen and oxygen atoms in total. The summed E-state index contributed by atoms with van der Waals surface area (Å²) in [5.41, 5.74) is 0. The first-order chi connectivity index (χ1) is 8.84. The molecule has 0 aliphatic rings. The molecule has 1 aromatic heterocycles. The molecule has 1 atom stereocenters. The van der Waals surface area contributed by atoms with E-state index in [4.69, 9.17) is 9.47 Å². The summed E-state index contributed by atoms with van der Waals surface area (Å²) in [7, 11) is 0. The smallest absolute Gasteiger partial charge is 0.0701 e. The van der Waals surface area contributed by atoms with Crippen molar-refractivity contribution in [2.75, 3.05) is 33.0 Å². The molecule has 0 saturated heterocycles. The maximum Gasteiger partial charge on any atom is 0.0701 e. The molecule has 0 fully saturated rings. The number of rotatable bonds is 11. The van der Waals surface area contributed by atoms with Crippen LogP contribution in [0.5, 0.6) is 0 Å². The zero-order valence-electron chi connectivity index (χ0n) is 11.5. The summed E-state index contributed by atoms with van der Waals surface area (Å²) in [4.78, 5) is 1.37. The topological polar surface area (TPSA) is 30.5 Å². The summed E-state index contributed by atoms with van der Waals surface area (Å²) in [6.45, 7) is 8.23. The molecule has 1 rings (SSSR count). The highest BCUT2D eigenvalue weighted by Gasteiger charge is 2.04. The van der Waals surface area contributed by atoms with Crippen molar-refractivity contribution >= 4 is 11.3 Å². The van der Waals surface area contributed by atoms with E-state index in [1.54, 1.807) is 11.3 Å². The van der Waals surface area contributed by atoms with E-state index in [-0.39, 0.29) is 0 Å². The molecule has 0 radical (unpaired) electrons. The summed E-state index contributed by atoms with van der Waals surface area (Å²) >= 11 is 1.79. The van der Waals surface area contributed by atoms with Crippen molar-refractivity contribution in [1.82, 2.24) is 5.32 Å². The second-order valence-electron chi connectivity index (χ2n) is 4.27. The Kier molecular flexibility index (Phi) is 9.12. The highest BCUT2D eigenvalue weighted by molar-refractivity contribution is 7.10. The molecular formula is C14H25NO2S. The lowest BCUT2D eigenvalue weighted by Gasteiger charge is -2.12. The molecule has 0 bridgehead atoms. The van der Waals surface area contributed by atoms with Crippen LogP contribution in [-0.4, -0.2) is 33.0 Å². The molecule has 1 unspecified atom stereocenters. The van der Waals surface area contributed by atoms with Crippen LogP contribution in [0.3, 0.4) is 0 Å². The van der Waals surface area contributed by atoms with Gasteiger partial charge in [0.25, 0.3) is 0 Å². The number of hydrogen-bond acceptors (Lipinski definition) is 4. The third-order valence-electron chi connectivity index (χ3n) is 2.68. The molecule has 104 valence electrons. The van der Waals surface area contributed by atoms with Gasteiger partial charge in [-0.1, -0.05) is 19.4 Å². The van der Waals surface area contributed by atoms with Crippen LogP contribution in [0.2, 0.25) is 0 Å². The number of nitrogens with one attached hydrogen (secondary N) is 1. The van der Waals surface area contributed by atoms with Gasteiger partial charge in [0.05, 0.1) is 19.8 Å². The molecule has 4 heteroatoms. The van der Waals surface area contributed by atoms with E-state index in [2.05, 4.69) is 36.7 Å². The second-order valence-corrected chi connectivity index (χ2v) is 5.25. The van der Waals surface area contributed by atoms with Gasteiger partial charge in [0.1, 0.15) is 0 Å². The Bertz CT molecular complexity index is 277. The van der Waals surface area contributed by atoms with Crippen molar-refractivity contribution < 1.29 is 9.47 Å². The van der Waals surface area contributed by atoms with Crippen molar-refractivity contribution in [1.29, 1.82) is 0 Å². The molecule has 1 N–H and O–H groups in total. The molecular weight excluding hydrogens is 246 g/mol. The normalized spacial score (nSPS) is 12.8. The maximum absolute atomic E-state index is 5.50. The Morgan fingerprint density at radius 3 is 2.67 bits per heavy atom. The molecule has 1 heterocycles. The van der Waals surface area contributed by atoms with Gasteiger partial charge >= 0.3 is 0 Å². The van der Waals surface area contributed by atoms with Crippen LogP contribution in [0.25, 0.3) is 0 Å². The molecule has 0 aromatic carbocycles. The van der Waals surface area contributed by atoms with E-state index in [9.17, 15) is 0 Å². The van der Waals surface area contributed by atoms with Gasteiger partial charge < -0.3 is 14.8 Å². The largest absolute Gasteiger partial charge is 0.379 e. The Hall–Kier alpha value is -0.420. The molecule has 18 heavy (non-hydrogen) atoms. The van der Waals surface area contributed by atoms with Gasteiger partial charge in [-0.25, -0.2) is 0 Å². The van der Waals surface area contributed by atoms with Crippen molar-refractivity contribution in [3.8, 4) is 0 Å². The summed E-state index contributed by atoms with van der Waals surface area (Å²) in [5, 5.41) is 5.55. The number of hydrogen-bond donors (Lipinski definition) is 1. The Morgan fingerprint density at radius 2 is 2.00 bits per heavy atom. The Morgan fingerprint density at radius 1 is 1.22 bits per heavy atom. The zero-order chi connectivity index (χ0) is 13.1. The Balaban J connectivity index is 1.87. The van der Waals surface area contributed by atoms with E-state index in [0.29, 0.717) is 19.3 Å². The third kappa shape index (κ3) is 7.11. The summed E-state index contributed by atoms with van der Waals surface area (Å²) in [5.74, 6) is 0. The fraction of sp³-hybridized carbons (Fsp3) is 0.714. The fourth-order valence-corrected chi connectivity index (χ4v) is 2.31. The lowest BCUT2D eigenvalue weighted by Crippen LogP contribution is -2.23. The molecule has 0 spiro atoms. The van der Waals surface area contributed by atoms with Crippen LogP contribution in [0.4, 0.5) is 0 Å². The van der Waals surface area contributed by atoms with E-state index in [1.165, 1.54) is 11.3 Å². The van der Waals surface area contributed by atoms with Gasteiger partial charge in [0, 0.05) is 24.1 Å². The van der Waals surface area contributed by atoms with Crippen LogP contribution in [0.1, 0.15) is 37.6 Å². The van der Waals surface area contributed by atoms with Gasteiger partial charge in [0.15, 0.2) is 0 Å². The minimum absolute atomic E-state index is 0.411. The van der Waals surface area contributed by atoms with Gasteiger partial charge in [-0.15, -0.1) is 11.3 Å². The van der Waals surface area contributed by atoms with Crippen LogP contribution >= 0.6 is 11.3 Å². The number of ether oxygens (including phenoxy) is 2. The first-order valence-corrected chi connectivity index (χ1v) is 7.64. The SMILES string of the molecule is CCCCOCCOCCNC(C)c1cccs1. The lowest BCUT2D eigenvalue weighted by molar-refractivity contribution is 0.0473. The molecule has 0 aliphatic heterocycles. The van der Waals surface area contributed by atoms with E-state index < -0.39 is 0 Å². The fourth-order valence-electron chi connectivity index (χ4n) is 1.55. The van der Waals surface area contributed by atoms with Gasteiger partial charge in [-0.05, 0) is 24.8 Å². The highest BCUT2D eigenvalue weighted by Crippen LogP contribution is 2.17. The van der Waals surface area contributed by atoms with E-state index >= 15 is 0 Å². The summed E-state index contributed by atoms with van der Waals surface area (Å²) in [6, 6.07) is 4.65. The summed E-state index contributed by atoms with van der Waals surface area (Å²) in [6.07, 6.45) is 2.32. The zero-order valence-corrected chi connectivity index (χ0v) is 12.3. The van der Waals surface area contributed by atoms with Crippen LogP contribution in [0.15, 0.2) is 17.5 Å². The molecule has 1 aromatic rings. The third-order valence-corrected chi connectivity index (χ3v) is 3.74. The van der Waals surface area contributed by atoms with Gasteiger partial charge in [-0.3, -0.25) is 0 Å². The first kappa shape index (κ1) is 15.6. The molecule has 0 amide bonds. The van der Waals surface area contributed by atoms with Crippen molar-refractivity contribution in [3.63, 3.8) is 0 Å². The van der Waals surface area contributed by atoms with Crippen LogP contribution in [0, 0.1) is 0 Å². The average Bonchev–Trinajstić information content (AvgIpc) is 2.90. The summed E-state index contributed by atoms with van der Waals surface area (Å²) < 4.78 is 10.9. The molecule has 0 aliphatic carbocycles. The predicted molar refractivity (Wildman–Crippen MR) is 77.3 cm³/mol. The standard InChI is InChI=1S/C14H25NO2S/c1-3-4-8-16-10-11-17-9-7-15-13(2)14-6-5-12-18-14/h5-6,12-13,15H,3-4,7-11H2,1-2H3. The quantitative estimate of drug-likeness (QED) is 0.627. The van der Waals surface area contributed by atoms with Crippen LogP contribution < -0.4 is 5.32 Å². The highest BCUT2D eigenvalue weighted by atomic mass is 32.1. The van der Waals surface area contributed by atoms with Crippen molar-refractivity contribution in [3.05, 3.63) is 22.4 Å². The van der Waals surface area contributed by atoms with Crippen LogP contribution in [-0.2, 0) is 9.47 Å². The van der Waals surface area contributed by atoms with E-state index in [0.717, 1.165) is 26.2 Å².